The zero-order valence-electron chi connectivity index (χ0n) is 20.0. The van der Waals surface area contributed by atoms with E-state index in [4.69, 9.17) is 4.74 Å². The number of carbonyl (C=O) groups excluding carboxylic acids is 3. The lowest BCUT2D eigenvalue weighted by molar-refractivity contribution is -0.199. The molecule has 4 fully saturated rings. The van der Waals surface area contributed by atoms with E-state index in [1.165, 1.54) is 0 Å². The zero-order chi connectivity index (χ0) is 23.5. The molecule has 1 aromatic carbocycles. The van der Waals surface area contributed by atoms with Crippen LogP contribution in [-0.4, -0.2) is 34.9 Å². The van der Waals surface area contributed by atoms with E-state index in [1.54, 1.807) is 19.1 Å². The van der Waals surface area contributed by atoms with E-state index in [0.717, 1.165) is 19.3 Å². The first-order chi connectivity index (χ1) is 15.6. The van der Waals surface area contributed by atoms with E-state index >= 15 is 0 Å². The first-order valence-corrected chi connectivity index (χ1v) is 12.6. The van der Waals surface area contributed by atoms with Gasteiger partial charge in [-0.25, -0.2) is 4.79 Å². The third-order valence-electron chi connectivity index (χ3n) is 10.2. The second-order valence-electron chi connectivity index (χ2n) is 11.7. The summed E-state index contributed by atoms with van der Waals surface area (Å²) in [5.41, 5.74) is 0.0520. The molecular formula is C28H36O5. The number of rotatable bonds is 3. The molecule has 1 N–H and O–H groups in total. The average Bonchev–Trinajstić information content (AvgIpc) is 3.12. The second kappa shape index (κ2) is 8.04. The molecular weight excluding hydrogens is 416 g/mol. The Hall–Kier alpha value is -2.01. The maximum absolute atomic E-state index is 13.0. The van der Waals surface area contributed by atoms with Crippen molar-refractivity contribution in [3.63, 3.8) is 0 Å². The van der Waals surface area contributed by atoms with Crippen LogP contribution in [0.15, 0.2) is 30.3 Å². The van der Waals surface area contributed by atoms with Gasteiger partial charge < -0.3 is 9.84 Å². The van der Waals surface area contributed by atoms with Gasteiger partial charge in [0.25, 0.3) is 0 Å². The Labute approximate surface area is 196 Å². The van der Waals surface area contributed by atoms with Gasteiger partial charge in [-0.2, -0.15) is 0 Å². The van der Waals surface area contributed by atoms with E-state index in [0.29, 0.717) is 37.2 Å². The highest BCUT2D eigenvalue weighted by atomic mass is 16.5. The smallest absolute Gasteiger partial charge is 0.338 e. The molecule has 5 heteroatoms. The molecule has 0 aliphatic heterocycles. The predicted octanol–water partition coefficient (Wildman–Crippen LogP) is 4.61. The summed E-state index contributed by atoms with van der Waals surface area (Å²) in [6.45, 7) is 6.10. The van der Waals surface area contributed by atoms with E-state index in [2.05, 4.69) is 13.8 Å². The number of benzene rings is 1. The number of fused-ring (bicyclic) bond motifs is 5. The minimum absolute atomic E-state index is 0.0121. The molecule has 4 saturated carbocycles. The van der Waals surface area contributed by atoms with Gasteiger partial charge in [-0.1, -0.05) is 32.0 Å². The fraction of sp³-hybridized carbons (Fsp3) is 0.679. The van der Waals surface area contributed by atoms with Crippen molar-refractivity contribution in [3.8, 4) is 0 Å². The van der Waals surface area contributed by atoms with Gasteiger partial charge in [0.1, 0.15) is 17.7 Å². The largest absolute Gasteiger partial charge is 0.458 e. The zero-order valence-corrected chi connectivity index (χ0v) is 20.0. The lowest BCUT2D eigenvalue weighted by Gasteiger charge is -2.63. The average molecular weight is 453 g/mol. The van der Waals surface area contributed by atoms with E-state index in [1.807, 2.05) is 18.2 Å². The first-order valence-electron chi connectivity index (χ1n) is 12.6. The van der Waals surface area contributed by atoms with Gasteiger partial charge in [0.2, 0.25) is 0 Å². The van der Waals surface area contributed by atoms with E-state index in [9.17, 15) is 19.5 Å². The molecule has 0 spiro atoms. The Bertz CT molecular complexity index is 956. The van der Waals surface area contributed by atoms with Crippen molar-refractivity contribution >= 4 is 17.5 Å². The van der Waals surface area contributed by atoms with Crippen molar-refractivity contribution < 1.29 is 24.2 Å². The van der Waals surface area contributed by atoms with Crippen LogP contribution in [0.3, 0.4) is 0 Å². The van der Waals surface area contributed by atoms with Gasteiger partial charge >= 0.3 is 5.97 Å². The van der Waals surface area contributed by atoms with Gasteiger partial charge in [0.15, 0.2) is 0 Å². The summed E-state index contributed by atoms with van der Waals surface area (Å²) in [6, 6.07) is 9.04. The van der Waals surface area contributed by atoms with E-state index < -0.39 is 6.10 Å². The molecule has 0 bridgehead atoms. The monoisotopic (exact) mass is 452 g/mol. The summed E-state index contributed by atoms with van der Waals surface area (Å²) in [6.07, 6.45) is 3.99. The molecule has 9 atom stereocenters. The lowest BCUT2D eigenvalue weighted by Crippen LogP contribution is -2.62. The van der Waals surface area contributed by atoms with Gasteiger partial charge in [0.05, 0.1) is 11.7 Å². The van der Waals surface area contributed by atoms with Crippen LogP contribution in [0.2, 0.25) is 0 Å². The molecule has 5 nitrogen and oxygen atoms in total. The van der Waals surface area contributed by atoms with Crippen LogP contribution in [0, 0.1) is 40.4 Å². The summed E-state index contributed by atoms with van der Waals surface area (Å²) >= 11 is 0. The molecule has 0 saturated heterocycles. The van der Waals surface area contributed by atoms with Crippen LogP contribution >= 0.6 is 0 Å². The molecule has 33 heavy (non-hydrogen) atoms. The van der Waals surface area contributed by atoms with Crippen molar-refractivity contribution in [2.75, 3.05) is 0 Å². The second-order valence-corrected chi connectivity index (χ2v) is 11.7. The number of esters is 1. The molecule has 5 rings (SSSR count). The predicted molar refractivity (Wildman–Crippen MR) is 123 cm³/mol. The number of carbonyl (C=O) groups is 3. The molecule has 0 amide bonds. The molecule has 0 heterocycles. The molecule has 1 aromatic rings. The summed E-state index contributed by atoms with van der Waals surface area (Å²) < 4.78 is 6.16. The number of Topliss-reactive ketones (excluding diaryl/α,β-unsaturated/α-hetero) is 2. The molecule has 6 unspecified atom stereocenters. The lowest BCUT2D eigenvalue weighted by atomic mass is 9.43. The highest BCUT2D eigenvalue weighted by Gasteiger charge is 2.65. The minimum atomic E-state index is -0.498. The molecule has 178 valence electrons. The fourth-order valence-electron chi connectivity index (χ4n) is 8.77. The van der Waals surface area contributed by atoms with Crippen molar-refractivity contribution in [1.29, 1.82) is 0 Å². The van der Waals surface area contributed by atoms with Gasteiger partial charge in [-0.3, -0.25) is 9.59 Å². The maximum atomic E-state index is 13.0. The maximum Gasteiger partial charge on any atom is 0.338 e. The summed E-state index contributed by atoms with van der Waals surface area (Å²) in [5.74, 6) is 0.612. The Balaban J connectivity index is 1.51. The Kier molecular flexibility index (Phi) is 5.55. The third-order valence-corrected chi connectivity index (χ3v) is 10.2. The topological polar surface area (TPSA) is 80.7 Å². The number of ketones is 2. The van der Waals surface area contributed by atoms with Gasteiger partial charge in [0, 0.05) is 24.7 Å². The summed E-state index contributed by atoms with van der Waals surface area (Å²) in [5, 5.41) is 11.5. The third kappa shape index (κ3) is 3.50. The highest BCUT2D eigenvalue weighted by Crippen LogP contribution is 2.67. The minimum Gasteiger partial charge on any atom is -0.458 e. The van der Waals surface area contributed by atoms with Crippen LogP contribution in [0.5, 0.6) is 0 Å². The molecule has 4 aliphatic rings. The van der Waals surface area contributed by atoms with Crippen molar-refractivity contribution in [3.05, 3.63) is 35.9 Å². The SMILES string of the molecule is CC(=O)C1CCC2C3C[C@@H](OC(=O)c4ccccc4)[C@@H]4CC(=O)CCC4(C)C3[C@H](O)CC12C. The summed E-state index contributed by atoms with van der Waals surface area (Å²) in [7, 11) is 0. The Morgan fingerprint density at radius 1 is 1.06 bits per heavy atom. The van der Waals surface area contributed by atoms with Gasteiger partial charge in [-0.05, 0) is 79.7 Å². The number of ether oxygens (including phenoxy) is 1. The van der Waals surface area contributed by atoms with Crippen molar-refractivity contribution in [2.24, 2.45) is 40.4 Å². The van der Waals surface area contributed by atoms with Crippen molar-refractivity contribution in [1.82, 2.24) is 0 Å². The number of aliphatic hydroxyl groups is 1. The van der Waals surface area contributed by atoms with Crippen LogP contribution in [0.25, 0.3) is 0 Å². The Morgan fingerprint density at radius 2 is 1.79 bits per heavy atom. The van der Waals surface area contributed by atoms with E-state index in [-0.39, 0.29) is 58.1 Å². The van der Waals surface area contributed by atoms with Crippen LogP contribution in [0.1, 0.15) is 76.1 Å². The summed E-state index contributed by atoms with van der Waals surface area (Å²) in [4.78, 5) is 38.0. The van der Waals surface area contributed by atoms with Gasteiger partial charge in [-0.15, -0.1) is 0 Å². The molecule has 4 aliphatic carbocycles. The quantitative estimate of drug-likeness (QED) is 0.678. The fourth-order valence-corrected chi connectivity index (χ4v) is 8.77. The molecule has 0 radical (unpaired) electrons. The standard InChI is InChI=1S/C28H36O5/c1-16(29)20-9-10-21-19-14-24(33-26(32)17-7-5-4-6-8-17)22-13-18(30)11-12-27(22,2)25(19)23(31)15-28(20,21)3/h4-8,19-25,31H,9-15H2,1-3H3/t19?,20?,21?,22-,23+,24+,25?,27?,28?/m0/s1. The Morgan fingerprint density at radius 3 is 2.48 bits per heavy atom. The number of aliphatic hydroxyl groups excluding tert-OH is 1. The normalized spacial score (nSPS) is 44.4. The van der Waals surface area contributed by atoms with Crippen LogP contribution in [0.4, 0.5) is 0 Å². The number of hydrogen-bond donors (Lipinski definition) is 1. The first kappa shape index (κ1) is 22.8. The highest BCUT2D eigenvalue weighted by molar-refractivity contribution is 5.89. The molecule has 0 aromatic heterocycles. The van der Waals surface area contributed by atoms with Crippen molar-refractivity contribution in [2.45, 2.75) is 77.9 Å². The number of hydrogen-bond acceptors (Lipinski definition) is 5. The van der Waals surface area contributed by atoms with Crippen LogP contribution in [-0.2, 0) is 14.3 Å². The van der Waals surface area contributed by atoms with Crippen LogP contribution < -0.4 is 0 Å².